The van der Waals surface area contributed by atoms with Gasteiger partial charge in [-0.1, -0.05) is 11.6 Å². The topological polar surface area (TPSA) is 71.5 Å². The van der Waals surface area contributed by atoms with Crippen LogP contribution >= 0.6 is 11.6 Å². The number of hydrogen-bond donors (Lipinski definition) is 2. The second kappa shape index (κ2) is 7.25. The number of nitrogens with zero attached hydrogens (tertiary/aromatic N) is 1. The lowest BCUT2D eigenvalue weighted by Crippen LogP contribution is -2.28. The van der Waals surface area contributed by atoms with E-state index in [0.29, 0.717) is 23.7 Å². The Morgan fingerprint density at radius 1 is 1.35 bits per heavy atom. The van der Waals surface area contributed by atoms with Gasteiger partial charge in [0, 0.05) is 22.6 Å². The normalized spacial score (nSPS) is 13.3. The summed E-state index contributed by atoms with van der Waals surface area (Å²) in [5.41, 5.74) is 3.54. The monoisotopic (exact) mass is 334 g/mol. The SMILES string of the molecule is O=C(NCCOCCO)c1c2c(nc3ccc(Cl)cc13)CCC2. The number of carbonyl (C=O) groups excluding carboxylic acids is 1. The molecule has 0 saturated carbocycles. The third-order valence-electron chi connectivity index (χ3n) is 3.97. The highest BCUT2D eigenvalue weighted by Gasteiger charge is 2.23. The first kappa shape index (κ1) is 16.2. The van der Waals surface area contributed by atoms with Gasteiger partial charge in [-0.05, 0) is 43.0 Å². The van der Waals surface area contributed by atoms with Crippen molar-refractivity contribution in [3.8, 4) is 0 Å². The Labute approximate surface area is 139 Å². The van der Waals surface area contributed by atoms with Crippen LogP contribution in [0.2, 0.25) is 5.02 Å². The van der Waals surface area contributed by atoms with Gasteiger partial charge in [0.1, 0.15) is 0 Å². The molecule has 2 aromatic rings. The molecule has 0 saturated heterocycles. The Morgan fingerprint density at radius 3 is 3.04 bits per heavy atom. The van der Waals surface area contributed by atoms with E-state index in [-0.39, 0.29) is 19.1 Å². The standard InChI is InChI=1S/C17H19ClN2O3/c18-11-4-5-15-13(10-11)16(12-2-1-3-14(12)20-15)17(22)19-6-8-23-9-7-21/h4-5,10,21H,1-3,6-9H2,(H,19,22). The van der Waals surface area contributed by atoms with Gasteiger partial charge >= 0.3 is 0 Å². The van der Waals surface area contributed by atoms with Crippen LogP contribution in [0.25, 0.3) is 10.9 Å². The van der Waals surface area contributed by atoms with Crippen LogP contribution in [0.5, 0.6) is 0 Å². The Kier molecular flexibility index (Phi) is 5.10. The van der Waals surface area contributed by atoms with Gasteiger partial charge in [-0.2, -0.15) is 0 Å². The van der Waals surface area contributed by atoms with Gasteiger partial charge in [0.05, 0.1) is 30.9 Å². The Balaban J connectivity index is 1.89. The maximum Gasteiger partial charge on any atom is 0.252 e. The third kappa shape index (κ3) is 3.47. The van der Waals surface area contributed by atoms with Crippen LogP contribution in [0.1, 0.15) is 28.0 Å². The van der Waals surface area contributed by atoms with E-state index in [2.05, 4.69) is 10.3 Å². The number of pyridine rings is 1. The van der Waals surface area contributed by atoms with Gasteiger partial charge in [0.15, 0.2) is 0 Å². The fraction of sp³-hybridized carbons (Fsp3) is 0.412. The van der Waals surface area contributed by atoms with E-state index >= 15 is 0 Å². The lowest BCUT2D eigenvalue weighted by atomic mass is 10.0. The molecule has 0 unspecified atom stereocenters. The highest BCUT2D eigenvalue weighted by atomic mass is 35.5. The van der Waals surface area contributed by atoms with Gasteiger partial charge in [-0.3, -0.25) is 9.78 Å². The molecule has 1 aliphatic carbocycles. The molecule has 0 atom stereocenters. The molecule has 1 heterocycles. The van der Waals surface area contributed by atoms with Crippen molar-refractivity contribution in [2.75, 3.05) is 26.4 Å². The maximum absolute atomic E-state index is 12.7. The van der Waals surface area contributed by atoms with Crippen molar-refractivity contribution in [1.82, 2.24) is 10.3 Å². The van der Waals surface area contributed by atoms with Crippen molar-refractivity contribution in [3.63, 3.8) is 0 Å². The van der Waals surface area contributed by atoms with Crippen molar-refractivity contribution >= 4 is 28.4 Å². The highest BCUT2D eigenvalue weighted by Crippen LogP contribution is 2.31. The average Bonchev–Trinajstić information content (AvgIpc) is 3.00. The summed E-state index contributed by atoms with van der Waals surface area (Å²) in [6, 6.07) is 5.46. The molecule has 0 fully saturated rings. The number of halogens is 1. The predicted molar refractivity (Wildman–Crippen MR) is 89.0 cm³/mol. The first-order valence-corrected chi connectivity index (χ1v) is 8.16. The largest absolute Gasteiger partial charge is 0.394 e. The zero-order valence-corrected chi connectivity index (χ0v) is 13.5. The molecule has 1 aromatic heterocycles. The van der Waals surface area contributed by atoms with Crippen molar-refractivity contribution < 1.29 is 14.6 Å². The number of ether oxygens (including phenoxy) is 1. The zero-order valence-electron chi connectivity index (χ0n) is 12.8. The van der Waals surface area contributed by atoms with Crippen LogP contribution < -0.4 is 5.32 Å². The molecule has 0 spiro atoms. The van der Waals surface area contributed by atoms with Crippen LogP contribution in [0.4, 0.5) is 0 Å². The van der Waals surface area contributed by atoms with E-state index in [1.807, 2.05) is 6.07 Å². The third-order valence-corrected chi connectivity index (χ3v) is 4.20. The number of rotatable bonds is 6. The van der Waals surface area contributed by atoms with Gasteiger partial charge in [-0.15, -0.1) is 0 Å². The number of amides is 1. The van der Waals surface area contributed by atoms with Crippen LogP contribution in [0.15, 0.2) is 18.2 Å². The number of fused-ring (bicyclic) bond motifs is 2. The average molecular weight is 335 g/mol. The predicted octanol–water partition coefficient (Wildman–Crippen LogP) is 2.12. The summed E-state index contributed by atoms with van der Waals surface area (Å²) in [5, 5.41) is 12.9. The molecule has 23 heavy (non-hydrogen) atoms. The quantitative estimate of drug-likeness (QED) is 0.794. The van der Waals surface area contributed by atoms with Crippen LogP contribution in [0, 0.1) is 0 Å². The zero-order chi connectivity index (χ0) is 16.2. The molecular formula is C17H19ClN2O3. The van der Waals surface area contributed by atoms with E-state index in [1.54, 1.807) is 12.1 Å². The van der Waals surface area contributed by atoms with E-state index < -0.39 is 0 Å². The van der Waals surface area contributed by atoms with Gasteiger partial charge in [0.25, 0.3) is 5.91 Å². The Hall–Kier alpha value is -1.69. The van der Waals surface area contributed by atoms with Gasteiger partial charge < -0.3 is 15.2 Å². The van der Waals surface area contributed by atoms with Crippen molar-refractivity contribution in [2.45, 2.75) is 19.3 Å². The molecule has 1 aliphatic rings. The fourth-order valence-electron chi connectivity index (χ4n) is 2.99. The molecule has 5 nitrogen and oxygen atoms in total. The summed E-state index contributed by atoms with van der Waals surface area (Å²) in [5.74, 6) is -0.120. The van der Waals surface area contributed by atoms with E-state index in [4.69, 9.17) is 21.4 Å². The van der Waals surface area contributed by atoms with Crippen LogP contribution in [-0.4, -0.2) is 42.4 Å². The summed E-state index contributed by atoms with van der Waals surface area (Å²) >= 11 is 6.10. The van der Waals surface area contributed by atoms with E-state index in [9.17, 15) is 4.79 Å². The molecule has 0 bridgehead atoms. The minimum atomic E-state index is -0.120. The summed E-state index contributed by atoms with van der Waals surface area (Å²) in [7, 11) is 0. The van der Waals surface area contributed by atoms with E-state index in [0.717, 1.165) is 41.4 Å². The molecule has 6 heteroatoms. The molecule has 1 amide bonds. The Morgan fingerprint density at radius 2 is 2.22 bits per heavy atom. The number of aromatic nitrogens is 1. The number of aryl methyl sites for hydroxylation is 1. The molecule has 1 aromatic carbocycles. The second-order valence-electron chi connectivity index (χ2n) is 5.52. The number of aliphatic hydroxyl groups is 1. The number of benzene rings is 1. The number of hydrogen-bond acceptors (Lipinski definition) is 4. The highest BCUT2D eigenvalue weighted by molar-refractivity contribution is 6.31. The second-order valence-corrected chi connectivity index (χ2v) is 5.96. The van der Waals surface area contributed by atoms with Crippen molar-refractivity contribution in [3.05, 3.63) is 40.0 Å². The van der Waals surface area contributed by atoms with Crippen LogP contribution in [0.3, 0.4) is 0 Å². The summed E-state index contributed by atoms with van der Waals surface area (Å²) in [6.07, 6.45) is 2.80. The first-order chi connectivity index (χ1) is 11.2. The smallest absolute Gasteiger partial charge is 0.252 e. The van der Waals surface area contributed by atoms with Crippen molar-refractivity contribution in [2.24, 2.45) is 0 Å². The lowest BCUT2D eigenvalue weighted by molar-refractivity contribution is 0.0838. The van der Waals surface area contributed by atoms with E-state index in [1.165, 1.54) is 0 Å². The molecule has 2 N–H and O–H groups in total. The van der Waals surface area contributed by atoms with Crippen LogP contribution in [-0.2, 0) is 17.6 Å². The first-order valence-electron chi connectivity index (χ1n) is 7.78. The van der Waals surface area contributed by atoms with Gasteiger partial charge in [-0.25, -0.2) is 0 Å². The number of aliphatic hydroxyl groups excluding tert-OH is 1. The lowest BCUT2D eigenvalue weighted by Gasteiger charge is -2.13. The molecule has 0 radical (unpaired) electrons. The minimum absolute atomic E-state index is 0.0189. The molecular weight excluding hydrogens is 316 g/mol. The van der Waals surface area contributed by atoms with Crippen molar-refractivity contribution in [1.29, 1.82) is 0 Å². The minimum Gasteiger partial charge on any atom is -0.394 e. The number of carbonyl (C=O) groups is 1. The molecule has 0 aliphatic heterocycles. The fourth-order valence-corrected chi connectivity index (χ4v) is 3.16. The summed E-state index contributed by atoms with van der Waals surface area (Å²) in [4.78, 5) is 17.3. The molecule has 122 valence electrons. The maximum atomic E-state index is 12.7. The molecule has 3 rings (SSSR count). The number of nitrogens with one attached hydrogen (secondary N) is 1. The summed E-state index contributed by atoms with van der Waals surface area (Å²) < 4.78 is 5.17. The Bertz CT molecular complexity index is 733. The summed E-state index contributed by atoms with van der Waals surface area (Å²) in [6.45, 7) is 1.03. The van der Waals surface area contributed by atoms with Gasteiger partial charge in [0.2, 0.25) is 0 Å².